The molecule has 0 aliphatic carbocycles. The predicted molar refractivity (Wildman–Crippen MR) is 139 cm³/mol. The zero-order chi connectivity index (χ0) is 25.6. The van der Waals surface area contributed by atoms with E-state index in [0.29, 0.717) is 36.6 Å². The summed E-state index contributed by atoms with van der Waals surface area (Å²) >= 11 is 0. The largest absolute Gasteiger partial charge is 0.486 e. The number of hydrogen-bond donors (Lipinski definition) is 0. The molecule has 2 aromatic carbocycles. The highest BCUT2D eigenvalue weighted by atomic mass is 19.1. The maximum Gasteiger partial charge on any atom is 0.178 e. The van der Waals surface area contributed by atoms with E-state index in [9.17, 15) is 8.78 Å². The first-order valence-electron chi connectivity index (χ1n) is 12.8. The number of likely N-dealkylation sites (N-methyl/N-ethyl adjacent to an activating group) is 1. The third-order valence-electron chi connectivity index (χ3n) is 7.32. The summed E-state index contributed by atoms with van der Waals surface area (Å²) in [6.07, 6.45) is 1.66. The van der Waals surface area contributed by atoms with E-state index >= 15 is 0 Å². The molecule has 0 unspecified atom stereocenters. The SMILES string of the molecule is CCN1Cc2cc(Cc3ncc(F)c(-c4cc(F)c5c(c4)N(C(C)C)CCO5)n3)ccc2C(C)(C)C1. The van der Waals surface area contributed by atoms with Gasteiger partial charge in [-0.05, 0) is 49.2 Å². The Kier molecular flexibility index (Phi) is 6.45. The van der Waals surface area contributed by atoms with Crippen LogP contribution in [0.2, 0.25) is 0 Å². The molecular formula is C29H34F2N4O. The van der Waals surface area contributed by atoms with E-state index in [1.165, 1.54) is 23.4 Å². The van der Waals surface area contributed by atoms with Crippen LogP contribution < -0.4 is 9.64 Å². The minimum atomic E-state index is -0.572. The Bertz CT molecular complexity index is 1290. The van der Waals surface area contributed by atoms with Crippen molar-refractivity contribution >= 4 is 5.69 Å². The van der Waals surface area contributed by atoms with Crippen LogP contribution in [0.1, 0.15) is 57.1 Å². The van der Waals surface area contributed by atoms with E-state index in [4.69, 9.17) is 4.74 Å². The minimum Gasteiger partial charge on any atom is -0.486 e. The average molecular weight is 493 g/mol. The summed E-state index contributed by atoms with van der Waals surface area (Å²) in [5.41, 5.74) is 4.98. The van der Waals surface area contributed by atoms with Crippen LogP contribution in [-0.2, 0) is 18.4 Å². The van der Waals surface area contributed by atoms with Crippen LogP contribution in [-0.4, -0.2) is 47.2 Å². The van der Waals surface area contributed by atoms with Crippen LogP contribution in [0.15, 0.2) is 36.5 Å². The van der Waals surface area contributed by atoms with Gasteiger partial charge >= 0.3 is 0 Å². The van der Waals surface area contributed by atoms with E-state index in [1.54, 1.807) is 6.07 Å². The zero-order valence-electron chi connectivity index (χ0n) is 21.7. The molecule has 0 N–H and O–H groups in total. The fraction of sp³-hybridized carbons (Fsp3) is 0.448. The monoisotopic (exact) mass is 492 g/mol. The maximum atomic E-state index is 15.0. The van der Waals surface area contributed by atoms with E-state index in [-0.39, 0.29) is 22.9 Å². The van der Waals surface area contributed by atoms with Crippen molar-refractivity contribution in [3.63, 3.8) is 0 Å². The molecule has 36 heavy (non-hydrogen) atoms. The fourth-order valence-electron chi connectivity index (χ4n) is 5.56. The minimum absolute atomic E-state index is 0.0891. The molecule has 0 saturated carbocycles. The molecule has 3 aromatic rings. The molecule has 5 nitrogen and oxygen atoms in total. The molecule has 7 heteroatoms. The van der Waals surface area contributed by atoms with Gasteiger partial charge in [-0.25, -0.2) is 18.7 Å². The lowest BCUT2D eigenvalue weighted by atomic mass is 9.77. The van der Waals surface area contributed by atoms with E-state index in [1.807, 2.05) is 13.8 Å². The Balaban J connectivity index is 1.48. The first-order chi connectivity index (χ1) is 17.2. The van der Waals surface area contributed by atoms with Crippen molar-refractivity contribution in [1.82, 2.24) is 14.9 Å². The summed E-state index contributed by atoms with van der Waals surface area (Å²) in [6, 6.07) is 9.78. The van der Waals surface area contributed by atoms with Crippen LogP contribution in [0, 0.1) is 11.6 Å². The standard InChI is InChI=1S/C29H34F2N4O/c1-6-34-16-21-11-19(7-8-22(21)29(4,5)17-34)12-26-32-15-24(31)27(33-26)20-13-23(30)28-25(14-20)35(18(2)3)9-10-36-28/h7-8,11,13-15,18H,6,9-10,12,16-17H2,1-5H3. The van der Waals surface area contributed by atoms with Crippen LogP contribution in [0.3, 0.4) is 0 Å². The van der Waals surface area contributed by atoms with Crippen molar-refractivity contribution in [3.8, 4) is 17.0 Å². The van der Waals surface area contributed by atoms with Gasteiger partial charge in [0, 0.05) is 36.5 Å². The van der Waals surface area contributed by atoms with Crippen molar-refractivity contribution < 1.29 is 13.5 Å². The normalized spacial score (nSPS) is 17.1. The van der Waals surface area contributed by atoms with Crippen LogP contribution in [0.4, 0.5) is 14.5 Å². The lowest BCUT2D eigenvalue weighted by Crippen LogP contribution is -2.41. The lowest BCUT2D eigenvalue weighted by Gasteiger charge is -2.39. The Hall–Kier alpha value is -3.06. The number of hydrogen-bond acceptors (Lipinski definition) is 5. The van der Waals surface area contributed by atoms with Crippen molar-refractivity contribution in [3.05, 3.63) is 70.7 Å². The van der Waals surface area contributed by atoms with E-state index in [2.05, 4.69) is 58.7 Å². The van der Waals surface area contributed by atoms with Crippen LogP contribution in [0.25, 0.3) is 11.3 Å². The molecule has 1 aromatic heterocycles. The van der Waals surface area contributed by atoms with Gasteiger partial charge in [0.1, 0.15) is 18.1 Å². The van der Waals surface area contributed by atoms with Crippen LogP contribution in [0.5, 0.6) is 5.75 Å². The highest BCUT2D eigenvalue weighted by molar-refractivity contribution is 5.72. The number of halogens is 2. The number of benzene rings is 2. The molecule has 190 valence electrons. The maximum absolute atomic E-state index is 15.0. The summed E-state index contributed by atoms with van der Waals surface area (Å²) < 4.78 is 35.5. The molecular weight excluding hydrogens is 458 g/mol. The van der Waals surface area contributed by atoms with Gasteiger partial charge in [0.2, 0.25) is 0 Å². The number of aromatic nitrogens is 2. The second-order valence-corrected chi connectivity index (χ2v) is 10.8. The quantitative estimate of drug-likeness (QED) is 0.455. The second-order valence-electron chi connectivity index (χ2n) is 10.8. The van der Waals surface area contributed by atoms with Crippen molar-refractivity contribution in [2.45, 2.75) is 59.0 Å². The smallest absolute Gasteiger partial charge is 0.178 e. The molecule has 0 radical (unpaired) electrons. The van der Waals surface area contributed by atoms with Gasteiger partial charge in [-0.3, -0.25) is 4.90 Å². The van der Waals surface area contributed by atoms with Gasteiger partial charge in [0.25, 0.3) is 0 Å². The third-order valence-corrected chi connectivity index (χ3v) is 7.32. The van der Waals surface area contributed by atoms with Crippen molar-refractivity contribution in [2.24, 2.45) is 0 Å². The first-order valence-corrected chi connectivity index (χ1v) is 12.8. The third kappa shape index (κ3) is 4.57. The van der Waals surface area contributed by atoms with Gasteiger partial charge in [0.15, 0.2) is 17.4 Å². The van der Waals surface area contributed by atoms with Crippen LogP contribution >= 0.6 is 0 Å². The number of ether oxygens (including phenoxy) is 1. The number of fused-ring (bicyclic) bond motifs is 2. The Morgan fingerprint density at radius 2 is 1.92 bits per heavy atom. The summed E-state index contributed by atoms with van der Waals surface area (Å²) in [5, 5.41) is 0. The molecule has 0 amide bonds. The molecule has 2 aliphatic rings. The van der Waals surface area contributed by atoms with E-state index in [0.717, 1.165) is 25.2 Å². The number of nitrogens with zero attached hydrogens (tertiary/aromatic N) is 4. The van der Waals surface area contributed by atoms with E-state index < -0.39 is 11.6 Å². The molecule has 0 fully saturated rings. The second kappa shape index (κ2) is 9.43. The molecule has 2 aliphatic heterocycles. The number of rotatable bonds is 5. The Morgan fingerprint density at radius 1 is 1.11 bits per heavy atom. The fourth-order valence-corrected chi connectivity index (χ4v) is 5.56. The molecule has 5 rings (SSSR count). The first kappa shape index (κ1) is 24.6. The molecule has 0 saturated heterocycles. The summed E-state index contributed by atoms with van der Waals surface area (Å²) in [7, 11) is 0. The molecule has 0 bridgehead atoms. The highest BCUT2D eigenvalue weighted by Crippen LogP contribution is 2.39. The molecule has 0 atom stereocenters. The lowest BCUT2D eigenvalue weighted by molar-refractivity contribution is 0.203. The molecule has 0 spiro atoms. The average Bonchev–Trinajstić information content (AvgIpc) is 2.84. The van der Waals surface area contributed by atoms with Gasteiger partial charge in [-0.1, -0.05) is 39.0 Å². The predicted octanol–water partition coefficient (Wildman–Crippen LogP) is 5.73. The molecule has 3 heterocycles. The Morgan fingerprint density at radius 3 is 2.67 bits per heavy atom. The summed E-state index contributed by atoms with van der Waals surface area (Å²) in [5.74, 6) is -0.364. The van der Waals surface area contributed by atoms with Gasteiger partial charge in [-0.2, -0.15) is 0 Å². The topological polar surface area (TPSA) is 41.5 Å². The van der Waals surface area contributed by atoms with Gasteiger partial charge < -0.3 is 9.64 Å². The van der Waals surface area contributed by atoms with Gasteiger partial charge in [0.05, 0.1) is 18.4 Å². The zero-order valence-corrected chi connectivity index (χ0v) is 21.7. The summed E-state index contributed by atoms with van der Waals surface area (Å²) in [4.78, 5) is 13.3. The number of anilines is 1. The van der Waals surface area contributed by atoms with Gasteiger partial charge in [-0.15, -0.1) is 0 Å². The summed E-state index contributed by atoms with van der Waals surface area (Å²) in [6.45, 7) is 14.9. The Labute approximate surface area is 212 Å². The van der Waals surface area contributed by atoms with Crippen molar-refractivity contribution in [1.29, 1.82) is 0 Å². The highest BCUT2D eigenvalue weighted by Gasteiger charge is 2.31. The van der Waals surface area contributed by atoms with Crippen molar-refractivity contribution in [2.75, 3.05) is 31.1 Å².